The number of methoxy groups -OCH3 is 3. The van der Waals surface area contributed by atoms with E-state index >= 15 is 0 Å². The zero-order chi connectivity index (χ0) is 23.2. The summed E-state index contributed by atoms with van der Waals surface area (Å²) in [7, 11) is 4.69. The predicted octanol–water partition coefficient (Wildman–Crippen LogP) is 2.88. The van der Waals surface area contributed by atoms with E-state index in [1.165, 1.54) is 7.11 Å². The molecule has 5 atom stereocenters. The minimum Gasteiger partial charge on any atom is -0.504 e. The molecular weight excluding hydrogens is 424 g/mol. The predicted molar refractivity (Wildman–Crippen MR) is 122 cm³/mol. The van der Waals surface area contributed by atoms with Crippen molar-refractivity contribution in [2.45, 2.75) is 43.6 Å². The van der Waals surface area contributed by atoms with Crippen LogP contribution in [0.15, 0.2) is 30.0 Å². The first-order valence-electron chi connectivity index (χ1n) is 11.8. The number of hydrogen-bond donors (Lipinski definition) is 1. The van der Waals surface area contributed by atoms with Crippen LogP contribution in [0, 0.1) is 11.8 Å². The number of hydrogen-bond acceptors (Lipinski definition) is 8. The molecule has 0 bridgehead atoms. The summed E-state index contributed by atoms with van der Waals surface area (Å²) in [6.45, 7) is 4.99. The van der Waals surface area contributed by atoms with Crippen LogP contribution >= 0.6 is 0 Å². The van der Waals surface area contributed by atoms with Gasteiger partial charge in [-0.05, 0) is 36.8 Å². The van der Waals surface area contributed by atoms with Crippen molar-refractivity contribution in [2.24, 2.45) is 11.8 Å². The summed E-state index contributed by atoms with van der Waals surface area (Å²) in [4.78, 5) is 15.2. The maximum absolute atomic E-state index is 12.7. The van der Waals surface area contributed by atoms with E-state index in [9.17, 15) is 4.79 Å². The molecular formula is C25H34N2O6. The van der Waals surface area contributed by atoms with E-state index < -0.39 is 11.3 Å². The van der Waals surface area contributed by atoms with Gasteiger partial charge in [-0.1, -0.05) is 19.4 Å². The summed E-state index contributed by atoms with van der Waals surface area (Å²) >= 11 is 0. The molecule has 1 aromatic carbocycles. The van der Waals surface area contributed by atoms with Crippen molar-refractivity contribution in [3.05, 3.63) is 35.6 Å². The maximum atomic E-state index is 12.7. The average Bonchev–Trinajstić information content (AvgIpc) is 3.18. The lowest BCUT2D eigenvalue weighted by Gasteiger charge is -2.61. The first kappa shape index (κ1) is 22.5. The normalized spacial score (nSPS) is 35.4. The first-order chi connectivity index (χ1) is 16.0. The van der Waals surface area contributed by atoms with Crippen LogP contribution < -0.4 is 10.1 Å². The third-order valence-corrected chi connectivity index (χ3v) is 8.10. The van der Waals surface area contributed by atoms with Gasteiger partial charge >= 0.3 is 5.97 Å². The highest BCUT2D eigenvalue weighted by Crippen LogP contribution is 2.61. The van der Waals surface area contributed by atoms with Crippen LogP contribution in [0.3, 0.4) is 0 Å². The molecule has 0 unspecified atom stereocenters. The Kier molecular flexibility index (Phi) is 5.79. The minimum atomic E-state index is -0.758. The van der Waals surface area contributed by atoms with E-state index in [-0.39, 0.29) is 17.9 Å². The number of anilines is 1. The van der Waals surface area contributed by atoms with Gasteiger partial charge in [-0.15, -0.1) is 0 Å². The highest BCUT2D eigenvalue weighted by Gasteiger charge is 2.70. The Morgan fingerprint density at radius 1 is 1.27 bits per heavy atom. The molecule has 33 heavy (non-hydrogen) atoms. The Labute approximate surface area is 195 Å². The van der Waals surface area contributed by atoms with Gasteiger partial charge in [-0.3, -0.25) is 4.90 Å². The zero-order valence-electron chi connectivity index (χ0n) is 19.9. The Hall–Kier alpha value is -2.29. The molecule has 0 saturated carbocycles. The molecule has 1 aromatic rings. The molecule has 8 nitrogen and oxygen atoms in total. The van der Waals surface area contributed by atoms with E-state index in [1.54, 1.807) is 20.5 Å². The summed E-state index contributed by atoms with van der Waals surface area (Å²) < 4.78 is 29.5. The Bertz CT molecular complexity index is 951. The second kappa shape index (κ2) is 8.49. The molecule has 0 spiro atoms. The van der Waals surface area contributed by atoms with E-state index in [2.05, 4.69) is 23.2 Å². The number of rotatable bonds is 5. The monoisotopic (exact) mass is 458 g/mol. The van der Waals surface area contributed by atoms with E-state index in [1.807, 2.05) is 12.1 Å². The number of nitrogens with one attached hydrogen (secondary N) is 1. The molecule has 1 N–H and O–H groups in total. The van der Waals surface area contributed by atoms with Gasteiger partial charge < -0.3 is 29.0 Å². The van der Waals surface area contributed by atoms with Crippen molar-refractivity contribution < 1.29 is 28.5 Å². The molecule has 3 fully saturated rings. The molecule has 0 aliphatic carbocycles. The van der Waals surface area contributed by atoms with Gasteiger partial charge in [0.25, 0.3) is 0 Å². The fourth-order valence-electron chi connectivity index (χ4n) is 6.73. The maximum Gasteiger partial charge on any atom is 0.337 e. The van der Waals surface area contributed by atoms with Crippen molar-refractivity contribution in [2.75, 3.05) is 52.9 Å². The van der Waals surface area contributed by atoms with Gasteiger partial charge in [0.05, 0.1) is 58.0 Å². The van der Waals surface area contributed by atoms with Crippen LogP contribution in [-0.4, -0.2) is 70.3 Å². The molecule has 8 heteroatoms. The smallest absolute Gasteiger partial charge is 0.337 e. The van der Waals surface area contributed by atoms with Crippen LogP contribution in [-0.2, 0) is 29.3 Å². The lowest BCUT2D eigenvalue weighted by molar-refractivity contribution is -0.297. The number of nitrogens with zero attached hydrogens (tertiary/aromatic N) is 1. The van der Waals surface area contributed by atoms with Gasteiger partial charge in [0.1, 0.15) is 11.4 Å². The van der Waals surface area contributed by atoms with Crippen molar-refractivity contribution in [1.82, 2.24) is 4.90 Å². The number of esters is 1. The number of ether oxygens (including phenoxy) is 5. The molecule has 0 amide bonds. The zero-order valence-corrected chi connectivity index (χ0v) is 19.9. The summed E-state index contributed by atoms with van der Waals surface area (Å²) in [5, 5.41) is 3.75. The van der Waals surface area contributed by atoms with Crippen LogP contribution in [0.2, 0.25) is 0 Å². The molecule has 5 rings (SSSR count). The lowest BCUT2D eigenvalue weighted by atomic mass is 9.67. The summed E-state index contributed by atoms with van der Waals surface area (Å²) in [5.41, 5.74) is 1.22. The van der Waals surface area contributed by atoms with Gasteiger partial charge in [0, 0.05) is 18.8 Å². The fraction of sp³-hybridized carbons (Fsp3) is 0.640. The average molecular weight is 459 g/mol. The van der Waals surface area contributed by atoms with Crippen molar-refractivity contribution in [1.29, 1.82) is 0 Å². The third-order valence-electron chi connectivity index (χ3n) is 8.10. The number of benzene rings is 1. The number of piperidine rings is 2. The van der Waals surface area contributed by atoms with E-state index in [4.69, 9.17) is 23.7 Å². The quantitative estimate of drug-likeness (QED) is 0.410. The summed E-state index contributed by atoms with van der Waals surface area (Å²) in [5.74, 6) is 0.785. The first-order valence-corrected chi connectivity index (χ1v) is 11.8. The standard InChI is InChI=1S/C25H34N2O6/c1-5-16-14-27-10-9-24-22-19(7-6-8-20(22)30-3)26-25(24,33-12-11-32-24)21(27)13-17(16)18(15-29-2)23(28)31-4/h6-8,15-17,21,26H,5,9-14H2,1-4H3/b18-15-/t16-,17+,21+,24+,25+/m1/s1. The molecule has 180 valence electrons. The third kappa shape index (κ3) is 3.11. The van der Waals surface area contributed by atoms with Crippen molar-refractivity contribution in [3.63, 3.8) is 0 Å². The minimum absolute atomic E-state index is 0.00127. The summed E-state index contributed by atoms with van der Waals surface area (Å²) in [6, 6.07) is 6.05. The Morgan fingerprint density at radius 2 is 2.09 bits per heavy atom. The summed E-state index contributed by atoms with van der Waals surface area (Å²) in [6.07, 6.45) is 4.06. The highest BCUT2D eigenvalue weighted by atomic mass is 16.6. The van der Waals surface area contributed by atoms with Crippen LogP contribution in [0.4, 0.5) is 5.69 Å². The Morgan fingerprint density at radius 3 is 2.82 bits per heavy atom. The van der Waals surface area contributed by atoms with Crippen LogP contribution in [0.25, 0.3) is 0 Å². The highest BCUT2D eigenvalue weighted by molar-refractivity contribution is 5.88. The molecule has 4 aliphatic heterocycles. The molecule has 0 radical (unpaired) electrons. The molecule has 0 aromatic heterocycles. The van der Waals surface area contributed by atoms with Gasteiger partial charge in [0.15, 0.2) is 5.72 Å². The molecule has 4 heterocycles. The van der Waals surface area contributed by atoms with Gasteiger partial charge in [-0.2, -0.15) is 0 Å². The van der Waals surface area contributed by atoms with E-state index in [0.717, 1.165) is 49.4 Å². The Balaban J connectivity index is 1.60. The van der Waals surface area contributed by atoms with Crippen LogP contribution in [0.1, 0.15) is 31.7 Å². The largest absolute Gasteiger partial charge is 0.504 e. The second-order valence-corrected chi connectivity index (χ2v) is 9.34. The van der Waals surface area contributed by atoms with Gasteiger partial charge in [-0.25, -0.2) is 4.79 Å². The topological polar surface area (TPSA) is 78.5 Å². The fourth-order valence-corrected chi connectivity index (χ4v) is 6.73. The van der Waals surface area contributed by atoms with E-state index in [0.29, 0.717) is 24.7 Å². The van der Waals surface area contributed by atoms with Crippen molar-refractivity contribution >= 4 is 11.7 Å². The number of carbonyl (C=O) groups is 1. The van der Waals surface area contributed by atoms with Crippen molar-refractivity contribution in [3.8, 4) is 5.75 Å². The number of carbonyl (C=O) groups excluding carboxylic acids is 1. The second-order valence-electron chi connectivity index (χ2n) is 9.34. The molecule has 4 aliphatic rings. The molecule has 3 saturated heterocycles. The lowest BCUT2D eigenvalue weighted by Crippen LogP contribution is -2.75. The van der Waals surface area contributed by atoms with Crippen LogP contribution in [0.5, 0.6) is 5.75 Å². The SMILES string of the molecule is CC[C@@H]1CN2CC[C@@]34OCCO[C@@]3(Nc3cccc(OC)c34)[C@@H]2C[C@@H]1/C(=C/OC)C(=O)OC. The van der Waals surface area contributed by atoms with Gasteiger partial charge in [0.2, 0.25) is 0 Å². The number of fused-ring (bicyclic) bond motifs is 2.